The number of methoxy groups -OCH3 is 1. The first-order chi connectivity index (χ1) is 15.7. The highest BCUT2D eigenvalue weighted by Gasteiger charge is 2.40. The van der Waals surface area contributed by atoms with Gasteiger partial charge in [0.2, 0.25) is 0 Å². The molecule has 0 bridgehead atoms. The smallest absolute Gasteiger partial charge is 0.410 e. The van der Waals surface area contributed by atoms with E-state index < -0.39 is 5.60 Å². The topological polar surface area (TPSA) is 54.4 Å². The normalized spacial score (nSPS) is 20.7. The predicted molar refractivity (Wildman–Crippen MR) is 131 cm³/mol. The summed E-state index contributed by atoms with van der Waals surface area (Å²) in [6, 6.07) is 16.1. The summed E-state index contributed by atoms with van der Waals surface area (Å²) >= 11 is 6.18. The number of hydrazone groups is 1. The van der Waals surface area contributed by atoms with E-state index in [0.29, 0.717) is 24.7 Å². The molecule has 1 fully saturated rings. The van der Waals surface area contributed by atoms with Crippen LogP contribution in [0.15, 0.2) is 53.6 Å². The molecule has 2 atom stereocenters. The van der Waals surface area contributed by atoms with Crippen molar-refractivity contribution in [2.75, 3.05) is 20.2 Å². The van der Waals surface area contributed by atoms with Crippen LogP contribution in [-0.4, -0.2) is 47.5 Å². The fourth-order valence-electron chi connectivity index (χ4n) is 4.62. The van der Waals surface area contributed by atoms with Gasteiger partial charge in [-0.2, -0.15) is 5.10 Å². The van der Waals surface area contributed by atoms with Gasteiger partial charge in [0.1, 0.15) is 11.4 Å². The van der Waals surface area contributed by atoms with Crippen LogP contribution in [0.2, 0.25) is 5.02 Å². The molecule has 2 aromatic carbocycles. The highest BCUT2D eigenvalue weighted by Crippen LogP contribution is 2.41. The Morgan fingerprint density at radius 2 is 1.85 bits per heavy atom. The van der Waals surface area contributed by atoms with Crippen LogP contribution in [0.3, 0.4) is 0 Å². The Bertz CT molecular complexity index is 1020. The molecule has 0 saturated carbocycles. The molecule has 2 aliphatic rings. The van der Waals surface area contributed by atoms with Crippen molar-refractivity contribution >= 4 is 23.4 Å². The van der Waals surface area contributed by atoms with E-state index in [2.05, 4.69) is 23.2 Å². The number of likely N-dealkylation sites (tertiary alicyclic amines) is 1. The zero-order valence-corrected chi connectivity index (χ0v) is 20.5. The number of fused-ring (bicyclic) bond motifs is 1. The largest absolute Gasteiger partial charge is 0.496 e. The van der Waals surface area contributed by atoms with E-state index in [-0.39, 0.29) is 18.1 Å². The summed E-state index contributed by atoms with van der Waals surface area (Å²) in [5, 5.41) is 7.96. The number of amides is 1. The van der Waals surface area contributed by atoms with Crippen LogP contribution in [0.4, 0.5) is 4.79 Å². The second-order valence-electron chi connectivity index (χ2n) is 9.61. The monoisotopic (exact) mass is 469 g/mol. The SMILES string of the molecule is COc1ccccc1CN1N=C2CCN(C(=O)OC(C)(C)C)CCC2C1c1ccc(Cl)cc1. The lowest BCUT2D eigenvalue weighted by molar-refractivity contribution is 0.0251. The molecule has 6 nitrogen and oxygen atoms in total. The molecule has 0 radical (unpaired) electrons. The average Bonchev–Trinajstić information content (AvgIpc) is 2.96. The van der Waals surface area contributed by atoms with Crippen LogP contribution >= 0.6 is 11.6 Å². The number of ether oxygens (including phenoxy) is 2. The van der Waals surface area contributed by atoms with Gasteiger partial charge < -0.3 is 14.4 Å². The van der Waals surface area contributed by atoms with E-state index in [1.54, 1.807) is 7.11 Å². The third-order valence-electron chi connectivity index (χ3n) is 6.12. The average molecular weight is 470 g/mol. The summed E-state index contributed by atoms with van der Waals surface area (Å²) in [5.41, 5.74) is 2.89. The van der Waals surface area contributed by atoms with Gasteiger partial charge in [-0.3, -0.25) is 5.01 Å². The Morgan fingerprint density at radius 3 is 2.55 bits per heavy atom. The van der Waals surface area contributed by atoms with Crippen LogP contribution in [-0.2, 0) is 11.3 Å². The van der Waals surface area contributed by atoms with Gasteiger partial charge in [-0.1, -0.05) is 41.9 Å². The van der Waals surface area contributed by atoms with Gasteiger partial charge in [0, 0.05) is 41.7 Å². The molecule has 0 N–H and O–H groups in total. The minimum atomic E-state index is -0.506. The Kier molecular flexibility index (Phi) is 6.84. The minimum Gasteiger partial charge on any atom is -0.496 e. The zero-order valence-electron chi connectivity index (χ0n) is 19.8. The summed E-state index contributed by atoms with van der Waals surface area (Å²) in [6.45, 7) is 7.59. The van der Waals surface area contributed by atoms with Crippen LogP contribution in [0.25, 0.3) is 0 Å². The minimum absolute atomic E-state index is 0.0702. The van der Waals surface area contributed by atoms with Crippen molar-refractivity contribution in [2.45, 2.75) is 51.8 Å². The number of hydrogen-bond acceptors (Lipinski definition) is 5. The fourth-order valence-corrected chi connectivity index (χ4v) is 4.75. The molecule has 33 heavy (non-hydrogen) atoms. The van der Waals surface area contributed by atoms with Gasteiger partial charge >= 0.3 is 6.09 Å². The molecule has 176 valence electrons. The first-order valence-corrected chi connectivity index (χ1v) is 11.8. The fraction of sp³-hybridized carbons (Fsp3) is 0.462. The molecule has 0 aromatic heterocycles. The van der Waals surface area contributed by atoms with Crippen molar-refractivity contribution in [1.82, 2.24) is 9.91 Å². The van der Waals surface area contributed by atoms with Crippen molar-refractivity contribution < 1.29 is 14.3 Å². The number of rotatable bonds is 4. The molecule has 7 heteroatoms. The van der Waals surface area contributed by atoms with Gasteiger partial charge in [0.05, 0.1) is 19.7 Å². The predicted octanol–water partition coefficient (Wildman–Crippen LogP) is 5.91. The Labute approximate surface area is 201 Å². The molecule has 2 aliphatic heterocycles. The number of carbonyl (C=O) groups is 1. The highest BCUT2D eigenvalue weighted by atomic mass is 35.5. The van der Waals surface area contributed by atoms with E-state index in [1.807, 2.05) is 56.0 Å². The quantitative estimate of drug-likeness (QED) is 0.558. The van der Waals surface area contributed by atoms with Crippen LogP contribution < -0.4 is 4.74 Å². The van der Waals surface area contributed by atoms with Crippen LogP contribution in [0.5, 0.6) is 5.75 Å². The van der Waals surface area contributed by atoms with Crippen molar-refractivity contribution in [3.8, 4) is 5.75 Å². The standard InChI is InChI=1S/C26H32ClN3O3/c1-26(2,3)33-25(31)29-15-13-21-22(14-16-29)28-30(17-19-7-5-6-8-23(19)32-4)24(21)18-9-11-20(27)12-10-18/h5-12,21,24H,13-17H2,1-4H3. The molecule has 0 spiro atoms. The van der Waals surface area contributed by atoms with Gasteiger partial charge in [0.15, 0.2) is 0 Å². The molecule has 1 saturated heterocycles. The van der Waals surface area contributed by atoms with Gasteiger partial charge in [-0.05, 0) is 51.0 Å². The van der Waals surface area contributed by atoms with E-state index >= 15 is 0 Å². The maximum absolute atomic E-state index is 12.7. The highest BCUT2D eigenvalue weighted by molar-refractivity contribution is 6.30. The number of nitrogens with zero attached hydrogens (tertiary/aromatic N) is 3. The molecule has 4 rings (SSSR count). The second kappa shape index (κ2) is 9.64. The summed E-state index contributed by atoms with van der Waals surface area (Å²) < 4.78 is 11.2. The van der Waals surface area contributed by atoms with Gasteiger partial charge in [-0.25, -0.2) is 4.79 Å². The molecule has 0 aliphatic carbocycles. The van der Waals surface area contributed by atoms with E-state index in [1.165, 1.54) is 5.56 Å². The lowest BCUT2D eigenvalue weighted by atomic mass is 9.87. The molecule has 1 amide bonds. The molecular formula is C26H32ClN3O3. The molecule has 2 aromatic rings. The Balaban J connectivity index is 1.60. The maximum Gasteiger partial charge on any atom is 0.410 e. The number of halogens is 1. The van der Waals surface area contributed by atoms with Crippen molar-refractivity contribution in [3.63, 3.8) is 0 Å². The van der Waals surface area contributed by atoms with Crippen molar-refractivity contribution in [1.29, 1.82) is 0 Å². The summed E-state index contributed by atoms with van der Waals surface area (Å²) in [5.74, 6) is 1.07. The molecule has 2 heterocycles. The van der Waals surface area contributed by atoms with Crippen LogP contribution in [0, 0.1) is 5.92 Å². The summed E-state index contributed by atoms with van der Waals surface area (Å²) in [6.07, 6.45) is 1.31. The molecular weight excluding hydrogens is 438 g/mol. The van der Waals surface area contributed by atoms with Crippen molar-refractivity contribution in [2.24, 2.45) is 11.0 Å². The second-order valence-corrected chi connectivity index (χ2v) is 10.0. The number of hydrogen-bond donors (Lipinski definition) is 0. The van der Waals surface area contributed by atoms with E-state index in [4.69, 9.17) is 26.2 Å². The summed E-state index contributed by atoms with van der Waals surface area (Å²) in [4.78, 5) is 14.5. The van der Waals surface area contributed by atoms with Crippen molar-refractivity contribution in [3.05, 3.63) is 64.7 Å². The first kappa shape index (κ1) is 23.4. The van der Waals surface area contributed by atoms with Gasteiger partial charge in [-0.15, -0.1) is 0 Å². The Hall–Kier alpha value is -2.73. The lowest BCUT2D eigenvalue weighted by Crippen LogP contribution is -2.37. The third-order valence-corrected chi connectivity index (χ3v) is 6.38. The zero-order chi connectivity index (χ0) is 23.6. The lowest BCUT2D eigenvalue weighted by Gasteiger charge is -2.30. The third kappa shape index (κ3) is 5.44. The Morgan fingerprint density at radius 1 is 1.12 bits per heavy atom. The van der Waals surface area contributed by atoms with E-state index in [9.17, 15) is 4.79 Å². The molecule has 2 unspecified atom stereocenters. The number of para-hydroxylation sites is 1. The first-order valence-electron chi connectivity index (χ1n) is 11.4. The van der Waals surface area contributed by atoms with Gasteiger partial charge in [0.25, 0.3) is 0 Å². The van der Waals surface area contributed by atoms with E-state index in [0.717, 1.165) is 29.9 Å². The summed E-state index contributed by atoms with van der Waals surface area (Å²) in [7, 11) is 1.70. The van der Waals surface area contributed by atoms with Crippen LogP contribution in [0.1, 0.15) is 50.8 Å². The maximum atomic E-state index is 12.7. The number of carbonyl (C=O) groups excluding carboxylic acids is 1. The number of benzene rings is 2.